The fourth-order valence-corrected chi connectivity index (χ4v) is 2.27. The summed E-state index contributed by atoms with van der Waals surface area (Å²) < 4.78 is 7.70. The van der Waals surface area contributed by atoms with E-state index in [1.807, 2.05) is 6.20 Å². The van der Waals surface area contributed by atoms with Crippen LogP contribution in [0.3, 0.4) is 0 Å². The van der Waals surface area contributed by atoms with E-state index in [0.717, 1.165) is 32.4 Å². The summed E-state index contributed by atoms with van der Waals surface area (Å²) in [6.07, 6.45) is 5.30. The third-order valence-corrected chi connectivity index (χ3v) is 3.19. The molecule has 1 aromatic rings. The van der Waals surface area contributed by atoms with Gasteiger partial charge in [-0.15, -0.1) is 0 Å². The van der Waals surface area contributed by atoms with Gasteiger partial charge in [0.2, 0.25) is 0 Å². The van der Waals surface area contributed by atoms with Gasteiger partial charge in [-0.05, 0) is 31.9 Å². The van der Waals surface area contributed by atoms with Crippen molar-refractivity contribution in [2.45, 2.75) is 58.7 Å². The quantitative estimate of drug-likeness (QED) is 0.735. The van der Waals surface area contributed by atoms with Crippen molar-refractivity contribution in [2.24, 2.45) is 0 Å². The molecule has 0 radical (unpaired) electrons. The Bertz CT molecular complexity index is 321. The van der Waals surface area contributed by atoms with Crippen molar-refractivity contribution >= 4 is 0 Å². The number of rotatable bonds is 9. The molecular formula is C14H27N3O. The predicted octanol–water partition coefficient (Wildman–Crippen LogP) is 2.76. The van der Waals surface area contributed by atoms with Gasteiger partial charge in [0.05, 0.1) is 17.8 Å². The van der Waals surface area contributed by atoms with Crippen molar-refractivity contribution in [1.29, 1.82) is 0 Å². The van der Waals surface area contributed by atoms with Crippen LogP contribution in [0.4, 0.5) is 0 Å². The van der Waals surface area contributed by atoms with Crippen molar-refractivity contribution in [2.75, 3.05) is 13.7 Å². The average Bonchev–Trinajstić information content (AvgIpc) is 2.83. The number of hydrogen-bond donors (Lipinski definition) is 1. The third-order valence-electron chi connectivity index (χ3n) is 3.19. The minimum absolute atomic E-state index is 0.198. The fraction of sp³-hybridized carbons (Fsp3) is 0.786. The molecule has 0 aliphatic carbocycles. The van der Waals surface area contributed by atoms with Gasteiger partial charge in [-0.25, -0.2) is 0 Å². The van der Waals surface area contributed by atoms with Crippen LogP contribution < -0.4 is 5.32 Å². The zero-order chi connectivity index (χ0) is 13.4. The summed E-state index contributed by atoms with van der Waals surface area (Å²) in [6, 6.07) is 2.33. The van der Waals surface area contributed by atoms with Crippen LogP contribution in [0, 0.1) is 0 Å². The van der Waals surface area contributed by atoms with E-state index in [1.54, 1.807) is 7.11 Å². The maximum Gasteiger partial charge on any atom is 0.0778 e. The number of aromatic nitrogens is 2. The predicted molar refractivity (Wildman–Crippen MR) is 74.6 cm³/mol. The maximum atomic E-state index is 5.61. The molecule has 0 amide bonds. The topological polar surface area (TPSA) is 39.1 Å². The van der Waals surface area contributed by atoms with Crippen LogP contribution in [0.1, 0.15) is 51.8 Å². The molecule has 4 nitrogen and oxygen atoms in total. The zero-order valence-electron chi connectivity index (χ0n) is 12.1. The van der Waals surface area contributed by atoms with E-state index < -0.39 is 0 Å². The molecule has 1 heterocycles. The van der Waals surface area contributed by atoms with Gasteiger partial charge in [0.25, 0.3) is 0 Å². The number of hydrogen-bond acceptors (Lipinski definition) is 3. The van der Waals surface area contributed by atoms with Crippen LogP contribution in [0.15, 0.2) is 12.3 Å². The van der Waals surface area contributed by atoms with Gasteiger partial charge >= 0.3 is 0 Å². The summed E-state index contributed by atoms with van der Waals surface area (Å²) in [4.78, 5) is 0. The van der Waals surface area contributed by atoms with Crippen LogP contribution >= 0.6 is 0 Å². The highest BCUT2D eigenvalue weighted by Crippen LogP contribution is 2.21. The molecule has 0 spiro atoms. The molecule has 0 fully saturated rings. The Morgan fingerprint density at radius 1 is 1.33 bits per heavy atom. The summed E-state index contributed by atoms with van der Waals surface area (Å²) in [5, 5.41) is 7.99. The van der Waals surface area contributed by atoms with E-state index in [9.17, 15) is 0 Å². The molecule has 104 valence electrons. The van der Waals surface area contributed by atoms with Gasteiger partial charge in [-0.2, -0.15) is 5.10 Å². The van der Waals surface area contributed by atoms with Gasteiger partial charge < -0.3 is 10.1 Å². The summed E-state index contributed by atoms with van der Waals surface area (Å²) >= 11 is 0. The Labute approximate surface area is 111 Å². The summed E-state index contributed by atoms with van der Waals surface area (Å²) in [5.74, 6) is 0. The Kier molecular flexibility index (Phi) is 6.98. The van der Waals surface area contributed by atoms with E-state index in [-0.39, 0.29) is 12.1 Å². The summed E-state index contributed by atoms with van der Waals surface area (Å²) in [6.45, 7) is 8.48. The van der Waals surface area contributed by atoms with Crippen molar-refractivity contribution in [1.82, 2.24) is 15.1 Å². The van der Waals surface area contributed by atoms with Crippen LogP contribution in [-0.2, 0) is 11.3 Å². The first-order valence-electron chi connectivity index (χ1n) is 7.06. The molecule has 0 aliphatic rings. The number of aryl methyl sites for hydroxylation is 1. The first-order valence-corrected chi connectivity index (χ1v) is 7.06. The fourth-order valence-electron chi connectivity index (χ4n) is 2.27. The highest BCUT2D eigenvalue weighted by atomic mass is 16.5. The molecule has 1 rings (SSSR count). The minimum atomic E-state index is 0.198. The normalized spacial score (nSPS) is 14.7. The van der Waals surface area contributed by atoms with Gasteiger partial charge in [0.15, 0.2) is 0 Å². The molecule has 2 unspecified atom stereocenters. The lowest BCUT2D eigenvalue weighted by atomic mass is 10.0. The monoisotopic (exact) mass is 253 g/mol. The van der Waals surface area contributed by atoms with Crippen molar-refractivity contribution in [3.63, 3.8) is 0 Å². The van der Waals surface area contributed by atoms with Gasteiger partial charge in [0, 0.05) is 19.9 Å². The Morgan fingerprint density at radius 2 is 2.11 bits per heavy atom. The highest BCUT2D eigenvalue weighted by Gasteiger charge is 2.23. The second kappa shape index (κ2) is 8.27. The number of methoxy groups -OCH3 is 1. The second-order valence-electron chi connectivity index (χ2n) is 4.59. The molecular weight excluding hydrogens is 226 g/mol. The highest BCUT2D eigenvalue weighted by molar-refractivity contribution is 5.09. The summed E-state index contributed by atoms with van der Waals surface area (Å²) in [7, 11) is 1.79. The van der Waals surface area contributed by atoms with E-state index in [4.69, 9.17) is 4.74 Å². The summed E-state index contributed by atoms with van der Waals surface area (Å²) in [5.41, 5.74) is 1.24. The van der Waals surface area contributed by atoms with Crippen LogP contribution in [0.25, 0.3) is 0 Å². The second-order valence-corrected chi connectivity index (χ2v) is 4.59. The number of nitrogens with one attached hydrogen (secondary N) is 1. The van der Waals surface area contributed by atoms with Gasteiger partial charge in [-0.3, -0.25) is 4.68 Å². The number of nitrogens with zero attached hydrogens (tertiary/aromatic N) is 2. The first-order chi connectivity index (χ1) is 8.78. The van der Waals surface area contributed by atoms with E-state index in [2.05, 4.69) is 41.9 Å². The van der Waals surface area contributed by atoms with Crippen LogP contribution in [0.2, 0.25) is 0 Å². The molecule has 18 heavy (non-hydrogen) atoms. The lowest BCUT2D eigenvalue weighted by Gasteiger charge is -2.27. The zero-order valence-corrected chi connectivity index (χ0v) is 12.1. The molecule has 2 atom stereocenters. The molecule has 1 N–H and O–H groups in total. The average molecular weight is 253 g/mol. The minimum Gasteiger partial charge on any atom is -0.379 e. The largest absolute Gasteiger partial charge is 0.379 e. The van der Waals surface area contributed by atoms with Crippen molar-refractivity contribution in [3.05, 3.63) is 18.0 Å². The lowest BCUT2D eigenvalue weighted by Crippen LogP contribution is -2.35. The standard InChI is InChI=1S/C14H27N3O/c1-5-9-15-14(13(7-3)18-4)12-8-10-16-17(12)11-6-2/h8,10,13-15H,5-7,9,11H2,1-4H3. The molecule has 0 saturated carbocycles. The van der Waals surface area contributed by atoms with Crippen molar-refractivity contribution in [3.8, 4) is 0 Å². The van der Waals surface area contributed by atoms with Gasteiger partial charge in [-0.1, -0.05) is 20.8 Å². The maximum absolute atomic E-state index is 5.61. The van der Waals surface area contributed by atoms with Crippen LogP contribution in [0.5, 0.6) is 0 Å². The SMILES string of the molecule is CCCNC(c1ccnn1CCC)C(CC)OC. The van der Waals surface area contributed by atoms with Crippen molar-refractivity contribution < 1.29 is 4.74 Å². The smallest absolute Gasteiger partial charge is 0.0778 e. The molecule has 0 bridgehead atoms. The van der Waals surface area contributed by atoms with E-state index in [1.165, 1.54) is 5.69 Å². The van der Waals surface area contributed by atoms with E-state index >= 15 is 0 Å². The first kappa shape index (κ1) is 15.2. The Hall–Kier alpha value is -0.870. The third kappa shape index (κ3) is 3.82. The van der Waals surface area contributed by atoms with Crippen LogP contribution in [-0.4, -0.2) is 29.5 Å². The molecule has 1 aromatic heterocycles. The molecule has 0 saturated heterocycles. The molecule has 4 heteroatoms. The molecule has 0 aromatic carbocycles. The Morgan fingerprint density at radius 3 is 2.67 bits per heavy atom. The number of ether oxygens (including phenoxy) is 1. The lowest BCUT2D eigenvalue weighted by molar-refractivity contribution is 0.0621. The van der Waals surface area contributed by atoms with E-state index in [0.29, 0.717) is 0 Å². The van der Waals surface area contributed by atoms with Gasteiger partial charge in [0.1, 0.15) is 0 Å². The Balaban J connectivity index is 2.89. The molecule has 0 aliphatic heterocycles.